The zero-order valence-electron chi connectivity index (χ0n) is 13.2. The molecule has 1 heterocycles. The van der Waals surface area contributed by atoms with Gasteiger partial charge in [0.2, 0.25) is 0 Å². The molecule has 0 spiro atoms. The molecule has 1 fully saturated rings. The van der Waals surface area contributed by atoms with Crippen LogP contribution in [0.3, 0.4) is 0 Å². The number of nitrogens with one attached hydrogen (secondary N) is 1. The van der Waals surface area contributed by atoms with Gasteiger partial charge in [-0.25, -0.2) is 9.97 Å². The first-order valence-electron chi connectivity index (χ1n) is 7.28. The summed E-state index contributed by atoms with van der Waals surface area (Å²) >= 11 is 1.73. The van der Waals surface area contributed by atoms with Crippen LogP contribution >= 0.6 is 11.8 Å². The largest absolute Gasteiger partial charge is 0.469 e. The van der Waals surface area contributed by atoms with E-state index in [1.807, 2.05) is 14.0 Å². The maximum Gasteiger partial charge on any atom is 0.306 e. The van der Waals surface area contributed by atoms with Crippen molar-refractivity contribution >= 4 is 23.5 Å². The number of hydrogen-bond acceptors (Lipinski definition) is 6. The number of hydrogen-bond donors (Lipinski definition) is 1. The Bertz CT molecular complexity index is 530. The zero-order valence-corrected chi connectivity index (χ0v) is 14.0. The molecule has 5 nitrogen and oxygen atoms in total. The number of carbonyl (C=O) groups is 1. The first-order chi connectivity index (χ1) is 10.0. The number of nitrogens with zero attached hydrogens (tertiary/aromatic N) is 2. The summed E-state index contributed by atoms with van der Waals surface area (Å²) in [6.07, 6.45) is 3.52. The molecule has 1 aromatic heterocycles. The summed E-state index contributed by atoms with van der Waals surface area (Å²) in [6.45, 7) is 4.09. The van der Waals surface area contributed by atoms with Crippen LogP contribution in [0.1, 0.15) is 37.6 Å². The Kier molecular flexibility index (Phi) is 5.08. The predicted octanol–water partition coefficient (Wildman–Crippen LogP) is 2.82. The van der Waals surface area contributed by atoms with Crippen molar-refractivity contribution in [2.75, 3.05) is 25.2 Å². The first kappa shape index (κ1) is 16.1. The minimum Gasteiger partial charge on any atom is -0.469 e. The Morgan fingerprint density at radius 1 is 1.43 bits per heavy atom. The van der Waals surface area contributed by atoms with Crippen molar-refractivity contribution in [3.05, 3.63) is 11.4 Å². The molecule has 1 aromatic rings. The second-order valence-corrected chi connectivity index (χ2v) is 6.53. The maximum atomic E-state index is 11.5. The Morgan fingerprint density at radius 2 is 2.14 bits per heavy atom. The number of ether oxygens (including phenoxy) is 1. The molecule has 0 amide bonds. The van der Waals surface area contributed by atoms with Gasteiger partial charge >= 0.3 is 5.97 Å². The highest BCUT2D eigenvalue weighted by Crippen LogP contribution is 2.52. The lowest BCUT2D eigenvalue weighted by atomic mass is 10.1. The molecule has 0 radical (unpaired) electrons. The molecular weight excluding hydrogens is 286 g/mol. The molecule has 1 aliphatic carbocycles. The topological polar surface area (TPSA) is 64.1 Å². The molecule has 2 rings (SSSR count). The van der Waals surface area contributed by atoms with Crippen LogP contribution in [0.5, 0.6) is 0 Å². The van der Waals surface area contributed by atoms with E-state index in [1.165, 1.54) is 7.11 Å². The van der Waals surface area contributed by atoms with Crippen molar-refractivity contribution in [2.45, 2.75) is 44.6 Å². The van der Waals surface area contributed by atoms with Crippen molar-refractivity contribution in [1.82, 2.24) is 9.97 Å². The molecule has 21 heavy (non-hydrogen) atoms. The van der Waals surface area contributed by atoms with Gasteiger partial charge in [-0.05, 0) is 25.2 Å². The van der Waals surface area contributed by atoms with Gasteiger partial charge in [0, 0.05) is 24.8 Å². The molecule has 6 heteroatoms. The van der Waals surface area contributed by atoms with Gasteiger partial charge in [0.05, 0.1) is 13.5 Å². The van der Waals surface area contributed by atoms with Gasteiger partial charge in [0.15, 0.2) is 0 Å². The van der Waals surface area contributed by atoms with Crippen LogP contribution in [0.15, 0.2) is 5.03 Å². The summed E-state index contributed by atoms with van der Waals surface area (Å²) in [5.41, 5.74) is 1.19. The second-order valence-electron chi connectivity index (χ2n) is 5.56. The SMILES string of the molecule is CCc1nc(NC)c(C)c(SCC2(CC(=O)OC)CC2)n1. The lowest BCUT2D eigenvalue weighted by Crippen LogP contribution is -2.13. The smallest absolute Gasteiger partial charge is 0.306 e. The fourth-order valence-electron chi connectivity index (χ4n) is 2.23. The second kappa shape index (κ2) is 6.64. The fourth-order valence-corrected chi connectivity index (χ4v) is 3.55. The van der Waals surface area contributed by atoms with Crippen LogP contribution in [-0.2, 0) is 16.0 Å². The van der Waals surface area contributed by atoms with E-state index in [2.05, 4.69) is 22.2 Å². The third kappa shape index (κ3) is 3.87. The fraction of sp³-hybridized carbons (Fsp3) is 0.667. The number of aromatic nitrogens is 2. The molecule has 0 atom stereocenters. The summed E-state index contributed by atoms with van der Waals surface area (Å²) in [7, 11) is 3.33. The van der Waals surface area contributed by atoms with Gasteiger partial charge < -0.3 is 10.1 Å². The molecule has 0 bridgehead atoms. The minimum atomic E-state index is -0.113. The van der Waals surface area contributed by atoms with Crippen LogP contribution in [0, 0.1) is 12.3 Å². The Morgan fingerprint density at radius 3 is 2.67 bits per heavy atom. The molecule has 1 N–H and O–H groups in total. The molecule has 1 aliphatic rings. The van der Waals surface area contributed by atoms with Crippen molar-refractivity contribution < 1.29 is 9.53 Å². The number of thioether (sulfide) groups is 1. The van der Waals surface area contributed by atoms with Crippen LogP contribution in [0.2, 0.25) is 0 Å². The summed E-state index contributed by atoms with van der Waals surface area (Å²) in [5.74, 6) is 2.54. The van der Waals surface area contributed by atoms with Crippen molar-refractivity contribution in [2.24, 2.45) is 5.41 Å². The van der Waals surface area contributed by atoms with Gasteiger partial charge in [0.1, 0.15) is 16.7 Å². The van der Waals surface area contributed by atoms with E-state index in [0.29, 0.717) is 6.42 Å². The maximum absolute atomic E-state index is 11.5. The highest BCUT2D eigenvalue weighted by molar-refractivity contribution is 7.99. The van der Waals surface area contributed by atoms with Gasteiger partial charge in [-0.2, -0.15) is 0 Å². The average Bonchev–Trinajstić information content (AvgIpc) is 3.26. The normalized spacial score (nSPS) is 15.6. The summed E-state index contributed by atoms with van der Waals surface area (Å²) < 4.78 is 4.79. The number of methoxy groups -OCH3 is 1. The standard InChI is InChI=1S/C15H23N3O2S/c1-5-11-17-13(16-3)10(2)14(18-11)21-9-15(6-7-15)8-12(19)20-4/h5-9H2,1-4H3,(H,16,17,18). The van der Waals surface area contributed by atoms with Gasteiger partial charge in [0.25, 0.3) is 0 Å². The van der Waals surface area contributed by atoms with Crippen LogP contribution in [0.25, 0.3) is 0 Å². The van der Waals surface area contributed by atoms with E-state index in [-0.39, 0.29) is 11.4 Å². The molecule has 0 aliphatic heterocycles. The number of aryl methyl sites for hydroxylation is 1. The van der Waals surface area contributed by atoms with Crippen LogP contribution in [-0.4, -0.2) is 35.8 Å². The third-order valence-electron chi connectivity index (χ3n) is 3.92. The number of anilines is 1. The highest BCUT2D eigenvalue weighted by atomic mass is 32.2. The molecule has 116 valence electrons. The van der Waals surface area contributed by atoms with E-state index >= 15 is 0 Å². The lowest BCUT2D eigenvalue weighted by Gasteiger charge is -2.15. The van der Waals surface area contributed by atoms with E-state index < -0.39 is 0 Å². The predicted molar refractivity (Wildman–Crippen MR) is 84.7 cm³/mol. The first-order valence-corrected chi connectivity index (χ1v) is 8.27. The highest BCUT2D eigenvalue weighted by Gasteiger charge is 2.44. The van der Waals surface area contributed by atoms with Gasteiger partial charge in [-0.3, -0.25) is 4.79 Å². The summed E-state index contributed by atoms with van der Waals surface area (Å²) in [5, 5.41) is 4.14. The quantitative estimate of drug-likeness (QED) is 0.475. The van der Waals surface area contributed by atoms with Crippen LogP contribution < -0.4 is 5.32 Å². The summed E-state index contributed by atoms with van der Waals surface area (Å²) in [4.78, 5) is 20.6. The molecule has 0 saturated heterocycles. The zero-order chi connectivity index (χ0) is 15.5. The van der Waals surface area contributed by atoms with Crippen molar-refractivity contribution in [1.29, 1.82) is 0 Å². The van der Waals surface area contributed by atoms with E-state index in [9.17, 15) is 4.79 Å². The molecular formula is C15H23N3O2S. The number of esters is 1. The lowest BCUT2D eigenvalue weighted by molar-refractivity contribution is -0.141. The van der Waals surface area contributed by atoms with Gasteiger partial charge in [-0.15, -0.1) is 11.8 Å². The average molecular weight is 309 g/mol. The Hall–Kier alpha value is -1.30. The minimum absolute atomic E-state index is 0.112. The van der Waals surface area contributed by atoms with E-state index in [0.717, 1.165) is 47.2 Å². The van der Waals surface area contributed by atoms with Gasteiger partial charge in [-0.1, -0.05) is 6.92 Å². The van der Waals surface area contributed by atoms with Crippen molar-refractivity contribution in [3.63, 3.8) is 0 Å². The van der Waals surface area contributed by atoms with Crippen LogP contribution in [0.4, 0.5) is 5.82 Å². The monoisotopic (exact) mass is 309 g/mol. The number of carbonyl (C=O) groups excluding carboxylic acids is 1. The Labute approximate surface area is 130 Å². The number of rotatable bonds is 7. The molecule has 0 aromatic carbocycles. The molecule has 1 saturated carbocycles. The third-order valence-corrected chi connectivity index (χ3v) is 5.35. The molecule has 0 unspecified atom stereocenters. The Balaban J connectivity index is 2.08. The summed E-state index contributed by atoms with van der Waals surface area (Å²) in [6, 6.07) is 0. The van der Waals surface area contributed by atoms with Crippen molar-refractivity contribution in [3.8, 4) is 0 Å². The van der Waals surface area contributed by atoms with E-state index in [1.54, 1.807) is 11.8 Å². The van der Waals surface area contributed by atoms with E-state index in [4.69, 9.17) is 4.74 Å².